The number of piperidine rings is 1. The van der Waals surface area contributed by atoms with E-state index in [2.05, 4.69) is 28.7 Å². The first-order valence-corrected chi connectivity index (χ1v) is 6.45. The fourth-order valence-electron chi connectivity index (χ4n) is 2.40. The van der Waals surface area contributed by atoms with Gasteiger partial charge in [-0.15, -0.1) is 0 Å². The van der Waals surface area contributed by atoms with Gasteiger partial charge in [-0.1, -0.05) is 13.8 Å². The number of hydrogen-bond acceptors (Lipinski definition) is 4. The number of anilines is 1. The molecular weight excluding hydrogens is 228 g/mol. The Labute approximate surface area is 107 Å². The van der Waals surface area contributed by atoms with Gasteiger partial charge in [0.15, 0.2) is 0 Å². The van der Waals surface area contributed by atoms with E-state index in [1.165, 1.54) is 0 Å². The van der Waals surface area contributed by atoms with E-state index < -0.39 is 5.91 Å². The minimum Gasteiger partial charge on any atom is -0.364 e. The maximum atomic E-state index is 11.1. The molecule has 1 aromatic heterocycles. The molecule has 0 radical (unpaired) electrons. The highest BCUT2D eigenvalue weighted by atomic mass is 16.1. The zero-order chi connectivity index (χ0) is 13.1. The van der Waals surface area contributed by atoms with Gasteiger partial charge in [-0.2, -0.15) is 0 Å². The SMILES string of the molecule is CC(C)C1CCN(c2nccc(C(N)=O)n2)CC1. The second kappa shape index (κ2) is 5.33. The molecule has 0 aliphatic carbocycles. The lowest BCUT2D eigenvalue weighted by atomic mass is 9.87. The van der Waals surface area contributed by atoms with Crippen molar-refractivity contribution in [3.05, 3.63) is 18.0 Å². The standard InChI is InChI=1S/C13H20N4O/c1-9(2)10-4-7-17(8-5-10)13-15-6-3-11(16-13)12(14)18/h3,6,9-10H,4-5,7-8H2,1-2H3,(H2,14,18). The number of rotatable bonds is 3. The first kappa shape index (κ1) is 12.8. The van der Waals surface area contributed by atoms with E-state index in [9.17, 15) is 4.79 Å². The van der Waals surface area contributed by atoms with Crippen molar-refractivity contribution in [2.24, 2.45) is 17.6 Å². The summed E-state index contributed by atoms with van der Waals surface area (Å²) in [5.41, 5.74) is 5.51. The lowest BCUT2D eigenvalue weighted by molar-refractivity contribution is 0.0995. The largest absolute Gasteiger partial charge is 0.364 e. The van der Waals surface area contributed by atoms with Crippen molar-refractivity contribution in [3.8, 4) is 0 Å². The van der Waals surface area contributed by atoms with Crippen LogP contribution in [-0.4, -0.2) is 29.0 Å². The quantitative estimate of drug-likeness (QED) is 0.878. The average Bonchev–Trinajstić information content (AvgIpc) is 2.39. The Balaban J connectivity index is 2.05. The molecule has 0 spiro atoms. The zero-order valence-electron chi connectivity index (χ0n) is 11.0. The maximum absolute atomic E-state index is 11.1. The summed E-state index contributed by atoms with van der Waals surface area (Å²) in [6.45, 7) is 6.44. The summed E-state index contributed by atoms with van der Waals surface area (Å²) < 4.78 is 0. The van der Waals surface area contributed by atoms with Crippen molar-refractivity contribution in [1.29, 1.82) is 0 Å². The molecule has 0 saturated carbocycles. The molecule has 1 aliphatic rings. The summed E-state index contributed by atoms with van der Waals surface area (Å²) in [6.07, 6.45) is 3.90. The van der Waals surface area contributed by atoms with E-state index in [1.807, 2.05) is 0 Å². The molecule has 0 atom stereocenters. The molecule has 98 valence electrons. The molecule has 1 fully saturated rings. The number of nitrogens with two attached hydrogens (primary N) is 1. The van der Waals surface area contributed by atoms with Crippen molar-refractivity contribution in [1.82, 2.24) is 9.97 Å². The zero-order valence-corrected chi connectivity index (χ0v) is 11.0. The number of carbonyl (C=O) groups is 1. The highest BCUT2D eigenvalue weighted by molar-refractivity contribution is 5.90. The van der Waals surface area contributed by atoms with Crippen LogP contribution >= 0.6 is 0 Å². The normalized spacial score (nSPS) is 17.2. The molecule has 1 saturated heterocycles. The topological polar surface area (TPSA) is 72.1 Å². The van der Waals surface area contributed by atoms with Crippen LogP contribution in [0.5, 0.6) is 0 Å². The predicted octanol–water partition coefficient (Wildman–Crippen LogP) is 1.45. The Morgan fingerprint density at radius 3 is 2.67 bits per heavy atom. The molecule has 5 nitrogen and oxygen atoms in total. The van der Waals surface area contributed by atoms with Crippen LogP contribution in [0.3, 0.4) is 0 Å². The summed E-state index contributed by atoms with van der Waals surface area (Å²) in [6, 6.07) is 1.55. The van der Waals surface area contributed by atoms with E-state index in [0.29, 0.717) is 5.95 Å². The van der Waals surface area contributed by atoms with Crippen LogP contribution in [0.2, 0.25) is 0 Å². The number of amides is 1. The molecule has 1 aliphatic heterocycles. The van der Waals surface area contributed by atoms with Crippen molar-refractivity contribution in [2.75, 3.05) is 18.0 Å². The summed E-state index contributed by atoms with van der Waals surface area (Å²) in [5, 5.41) is 0. The first-order chi connectivity index (χ1) is 8.58. The van der Waals surface area contributed by atoms with Gasteiger partial charge in [-0.05, 0) is 30.7 Å². The molecule has 5 heteroatoms. The molecule has 2 heterocycles. The second-order valence-electron chi connectivity index (χ2n) is 5.17. The van der Waals surface area contributed by atoms with Crippen LogP contribution in [0, 0.1) is 11.8 Å². The Kier molecular flexibility index (Phi) is 3.79. The van der Waals surface area contributed by atoms with E-state index in [0.717, 1.165) is 37.8 Å². The van der Waals surface area contributed by atoms with Gasteiger partial charge in [0.05, 0.1) is 0 Å². The molecular formula is C13H20N4O. The van der Waals surface area contributed by atoms with Crippen molar-refractivity contribution < 1.29 is 4.79 Å². The summed E-state index contributed by atoms with van der Waals surface area (Å²) in [5.74, 6) is 1.62. The van der Waals surface area contributed by atoms with E-state index in [1.54, 1.807) is 12.3 Å². The van der Waals surface area contributed by atoms with E-state index in [4.69, 9.17) is 5.73 Å². The molecule has 2 N–H and O–H groups in total. The van der Waals surface area contributed by atoms with Crippen LogP contribution < -0.4 is 10.6 Å². The van der Waals surface area contributed by atoms with Gasteiger partial charge in [0.1, 0.15) is 5.69 Å². The lowest BCUT2D eigenvalue weighted by Crippen LogP contribution is -2.36. The fourth-order valence-corrected chi connectivity index (χ4v) is 2.40. The maximum Gasteiger partial charge on any atom is 0.267 e. The van der Waals surface area contributed by atoms with Crippen LogP contribution in [-0.2, 0) is 0 Å². The fraction of sp³-hybridized carbons (Fsp3) is 0.615. The smallest absolute Gasteiger partial charge is 0.267 e. The highest BCUT2D eigenvalue weighted by Crippen LogP contribution is 2.26. The molecule has 1 aromatic rings. The number of primary amides is 1. The number of aromatic nitrogens is 2. The highest BCUT2D eigenvalue weighted by Gasteiger charge is 2.23. The van der Waals surface area contributed by atoms with Gasteiger partial charge in [0, 0.05) is 19.3 Å². The summed E-state index contributed by atoms with van der Waals surface area (Å²) in [7, 11) is 0. The second-order valence-corrected chi connectivity index (χ2v) is 5.17. The van der Waals surface area contributed by atoms with Gasteiger partial charge in [0.25, 0.3) is 5.91 Å². The van der Waals surface area contributed by atoms with Gasteiger partial charge in [0.2, 0.25) is 5.95 Å². The van der Waals surface area contributed by atoms with Crippen LogP contribution in [0.4, 0.5) is 5.95 Å². The molecule has 0 bridgehead atoms. The predicted molar refractivity (Wildman–Crippen MR) is 70.3 cm³/mol. The third kappa shape index (κ3) is 2.78. The lowest BCUT2D eigenvalue weighted by Gasteiger charge is -2.33. The summed E-state index contributed by atoms with van der Waals surface area (Å²) in [4.78, 5) is 21.6. The number of hydrogen-bond donors (Lipinski definition) is 1. The Hall–Kier alpha value is -1.65. The number of nitrogens with zero attached hydrogens (tertiary/aromatic N) is 3. The van der Waals surface area contributed by atoms with Crippen LogP contribution in [0.25, 0.3) is 0 Å². The van der Waals surface area contributed by atoms with Gasteiger partial charge >= 0.3 is 0 Å². The van der Waals surface area contributed by atoms with E-state index >= 15 is 0 Å². The Morgan fingerprint density at radius 1 is 1.44 bits per heavy atom. The molecule has 0 aromatic carbocycles. The van der Waals surface area contributed by atoms with E-state index in [-0.39, 0.29) is 5.69 Å². The molecule has 18 heavy (non-hydrogen) atoms. The van der Waals surface area contributed by atoms with Gasteiger partial charge < -0.3 is 10.6 Å². The minimum atomic E-state index is -0.504. The van der Waals surface area contributed by atoms with Crippen molar-refractivity contribution >= 4 is 11.9 Å². The Bertz CT molecular complexity index is 425. The monoisotopic (exact) mass is 248 g/mol. The van der Waals surface area contributed by atoms with Gasteiger partial charge in [-0.3, -0.25) is 4.79 Å². The molecule has 1 amide bonds. The third-order valence-corrected chi connectivity index (χ3v) is 3.66. The van der Waals surface area contributed by atoms with Crippen molar-refractivity contribution in [2.45, 2.75) is 26.7 Å². The van der Waals surface area contributed by atoms with Gasteiger partial charge in [-0.25, -0.2) is 9.97 Å². The molecule has 0 unspecified atom stereocenters. The first-order valence-electron chi connectivity index (χ1n) is 6.45. The average molecular weight is 248 g/mol. The third-order valence-electron chi connectivity index (χ3n) is 3.66. The summed E-state index contributed by atoms with van der Waals surface area (Å²) >= 11 is 0. The minimum absolute atomic E-state index is 0.283. The Morgan fingerprint density at radius 2 is 2.11 bits per heavy atom. The number of carbonyl (C=O) groups excluding carboxylic acids is 1. The van der Waals surface area contributed by atoms with Crippen LogP contribution in [0.15, 0.2) is 12.3 Å². The molecule has 2 rings (SSSR count). The van der Waals surface area contributed by atoms with Crippen LogP contribution in [0.1, 0.15) is 37.2 Å². The van der Waals surface area contributed by atoms with Crippen molar-refractivity contribution in [3.63, 3.8) is 0 Å².